The average Bonchev–Trinajstić information content (AvgIpc) is 3.09. The van der Waals surface area contributed by atoms with E-state index in [-0.39, 0.29) is 16.9 Å². The van der Waals surface area contributed by atoms with Crippen LogP contribution in [0.5, 0.6) is 0 Å². The molecule has 8 nitrogen and oxygen atoms in total. The minimum absolute atomic E-state index is 0.0179. The van der Waals surface area contributed by atoms with E-state index < -0.39 is 40.0 Å². The quantitative estimate of drug-likeness (QED) is 0.691. The number of aromatic nitrogens is 4. The number of alkyl halides is 3. The van der Waals surface area contributed by atoms with Crippen LogP contribution in [0.25, 0.3) is 11.2 Å². The summed E-state index contributed by atoms with van der Waals surface area (Å²) in [4.78, 5) is 41.1. The van der Waals surface area contributed by atoms with E-state index in [2.05, 4.69) is 10.3 Å². The second kappa shape index (κ2) is 7.07. The fourth-order valence-corrected chi connectivity index (χ4v) is 3.08. The lowest BCUT2D eigenvalue weighted by atomic mass is 10.2. The highest BCUT2D eigenvalue weighted by molar-refractivity contribution is 6.31. The van der Waals surface area contributed by atoms with E-state index in [4.69, 9.17) is 11.6 Å². The number of rotatable bonds is 3. The lowest BCUT2D eigenvalue weighted by Gasteiger charge is -2.16. The van der Waals surface area contributed by atoms with Gasteiger partial charge in [0.05, 0.1) is 16.9 Å². The van der Waals surface area contributed by atoms with Gasteiger partial charge >= 0.3 is 11.9 Å². The van der Waals surface area contributed by atoms with Crippen LogP contribution < -0.4 is 16.6 Å². The number of nitrogens with one attached hydrogen (secondary N) is 1. The Bertz CT molecular complexity index is 1240. The van der Waals surface area contributed by atoms with Crippen LogP contribution in [-0.4, -0.2) is 24.6 Å². The normalized spacial score (nSPS) is 12.9. The first-order valence-electron chi connectivity index (χ1n) is 8.23. The molecule has 0 aliphatic rings. The average molecular weight is 430 g/mol. The zero-order valence-electron chi connectivity index (χ0n) is 15.4. The molecule has 12 heteroatoms. The smallest absolute Gasteiger partial charge is 0.324 e. The zero-order chi connectivity index (χ0) is 21.7. The van der Waals surface area contributed by atoms with E-state index in [0.717, 1.165) is 21.3 Å². The van der Waals surface area contributed by atoms with Crippen LogP contribution >= 0.6 is 11.6 Å². The molecule has 1 amide bonds. The van der Waals surface area contributed by atoms with Gasteiger partial charge < -0.3 is 9.88 Å². The van der Waals surface area contributed by atoms with Crippen LogP contribution in [0.3, 0.4) is 0 Å². The molecule has 3 aromatic rings. The Morgan fingerprint density at radius 3 is 2.48 bits per heavy atom. The SMILES string of the molecule is CC(C(=O)Nc1ccc(Cl)c(C(F)(F)F)c1)n1cnc2c1c(=O)n(C)c(=O)n2C. The van der Waals surface area contributed by atoms with Crippen LogP contribution in [0.4, 0.5) is 18.9 Å². The molecule has 0 radical (unpaired) electrons. The number of fused-ring (bicyclic) bond motifs is 1. The van der Waals surface area contributed by atoms with Crippen molar-refractivity contribution in [2.75, 3.05) is 5.32 Å². The van der Waals surface area contributed by atoms with Crippen molar-refractivity contribution < 1.29 is 18.0 Å². The first-order chi connectivity index (χ1) is 13.4. The standard InChI is InChI=1S/C17H15ClF3N5O3/c1-8(14(27)23-9-4-5-11(18)10(6-9)17(19,20)21)26-7-22-13-12(26)15(28)25(3)16(29)24(13)2/h4-8H,1-3H3,(H,23,27). The summed E-state index contributed by atoms with van der Waals surface area (Å²) >= 11 is 5.58. The van der Waals surface area contributed by atoms with E-state index in [1.54, 1.807) is 0 Å². The zero-order valence-corrected chi connectivity index (χ0v) is 16.2. The Labute approximate surface area is 166 Å². The number of carbonyl (C=O) groups is 1. The van der Waals surface area contributed by atoms with Gasteiger partial charge in [0.2, 0.25) is 5.91 Å². The Balaban J connectivity index is 1.99. The van der Waals surface area contributed by atoms with E-state index in [0.29, 0.717) is 0 Å². The minimum atomic E-state index is -4.68. The molecule has 154 valence electrons. The molecule has 1 N–H and O–H groups in total. The monoisotopic (exact) mass is 429 g/mol. The van der Waals surface area contributed by atoms with Gasteiger partial charge in [-0.05, 0) is 25.1 Å². The number of hydrogen-bond acceptors (Lipinski definition) is 4. The third kappa shape index (κ3) is 3.53. The minimum Gasteiger partial charge on any atom is -0.324 e. The van der Waals surface area contributed by atoms with Gasteiger partial charge in [-0.3, -0.25) is 18.7 Å². The lowest BCUT2D eigenvalue weighted by Crippen LogP contribution is -2.38. The molecule has 0 bridgehead atoms. The van der Waals surface area contributed by atoms with Crippen molar-refractivity contribution in [3.8, 4) is 0 Å². The lowest BCUT2D eigenvalue weighted by molar-refractivity contribution is -0.137. The van der Waals surface area contributed by atoms with Crippen molar-refractivity contribution in [3.05, 3.63) is 56.0 Å². The molecule has 0 fully saturated rings. The van der Waals surface area contributed by atoms with Gasteiger partial charge in [-0.1, -0.05) is 11.6 Å². The van der Waals surface area contributed by atoms with Crippen molar-refractivity contribution in [1.29, 1.82) is 0 Å². The van der Waals surface area contributed by atoms with E-state index >= 15 is 0 Å². The molecule has 0 spiro atoms. The molecular formula is C17H15ClF3N5O3. The number of imidazole rings is 1. The predicted molar refractivity (Wildman–Crippen MR) is 100 cm³/mol. The van der Waals surface area contributed by atoms with Crippen LogP contribution in [0.2, 0.25) is 5.02 Å². The number of carbonyl (C=O) groups excluding carboxylic acids is 1. The highest BCUT2D eigenvalue weighted by atomic mass is 35.5. The molecule has 0 saturated heterocycles. The molecule has 0 aliphatic carbocycles. The van der Waals surface area contributed by atoms with Crippen molar-refractivity contribution in [2.45, 2.75) is 19.1 Å². The second-order valence-corrected chi connectivity index (χ2v) is 6.79. The summed E-state index contributed by atoms with van der Waals surface area (Å²) in [6, 6.07) is 1.98. The summed E-state index contributed by atoms with van der Waals surface area (Å²) < 4.78 is 42.3. The summed E-state index contributed by atoms with van der Waals surface area (Å²) in [7, 11) is 2.72. The molecule has 1 unspecified atom stereocenters. The van der Waals surface area contributed by atoms with Gasteiger partial charge in [-0.15, -0.1) is 0 Å². The van der Waals surface area contributed by atoms with Crippen LogP contribution in [0.15, 0.2) is 34.1 Å². The van der Waals surface area contributed by atoms with Gasteiger partial charge in [-0.25, -0.2) is 9.78 Å². The molecule has 29 heavy (non-hydrogen) atoms. The van der Waals surface area contributed by atoms with Crippen LogP contribution in [0, 0.1) is 0 Å². The number of anilines is 1. The summed E-state index contributed by atoms with van der Waals surface area (Å²) in [5, 5.41) is 1.88. The first kappa shape index (κ1) is 20.6. The van der Waals surface area contributed by atoms with Crippen molar-refractivity contribution in [3.63, 3.8) is 0 Å². The Morgan fingerprint density at radius 2 is 1.86 bits per heavy atom. The van der Waals surface area contributed by atoms with Crippen molar-refractivity contribution in [1.82, 2.24) is 18.7 Å². The molecule has 2 heterocycles. The largest absolute Gasteiger partial charge is 0.417 e. The van der Waals surface area contributed by atoms with E-state index in [1.165, 1.54) is 38.0 Å². The summed E-state index contributed by atoms with van der Waals surface area (Å²) in [6.45, 7) is 1.45. The molecule has 0 aliphatic heterocycles. The Kier molecular flexibility index (Phi) is 5.03. The van der Waals surface area contributed by atoms with Gasteiger partial charge in [0, 0.05) is 19.8 Å². The fraction of sp³-hybridized carbons (Fsp3) is 0.294. The number of halogens is 4. The molecule has 2 aromatic heterocycles. The number of benzene rings is 1. The Morgan fingerprint density at radius 1 is 1.21 bits per heavy atom. The maximum atomic E-state index is 13.0. The van der Waals surface area contributed by atoms with Crippen molar-refractivity contribution >= 4 is 34.4 Å². The number of aryl methyl sites for hydroxylation is 1. The van der Waals surface area contributed by atoms with E-state index in [1.807, 2.05) is 0 Å². The predicted octanol–water partition coefficient (Wildman–Crippen LogP) is 2.31. The maximum absolute atomic E-state index is 13.0. The summed E-state index contributed by atoms with van der Waals surface area (Å²) in [5.74, 6) is -0.685. The Hall–Kier alpha value is -3.08. The van der Waals surface area contributed by atoms with Crippen LogP contribution in [-0.2, 0) is 25.1 Å². The molecule has 0 saturated carbocycles. The first-order valence-corrected chi connectivity index (χ1v) is 8.61. The molecule has 1 aromatic carbocycles. The van der Waals surface area contributed by atoms with Gasteiger partial charge in [-0.2, -0.15) is 13.2 Å². The van der Waals surface area contributed by atoms with Crippen LogP contribution in [0.1, 0.15) is 18.5 Å². The topological polar surface area (TPSA) is 90.9 Å². The number of nitrogens with zero attached hydrogens (tertiary/aromatic N) is 4. The summed E-state index contributed by atoms with van der Waals surface area (Å²) in [5.41, 5.74) is -2.31. The summed E-state index contributed by atoms with van der Waals surface area (Å²) in [6.07, 6.45) is -3.46. The molecule has 3 rings (SSSR count). The fourth-order valence-electron chi connectivity index (χ4n) is 2.85. The maximum Gasteiger partial charge on any atom is 0.417 e. The van der Waals surface area contributed by atoms with Gasteiger partial charge in [0.25, 0.3) is 5.56 Å². The highest BCUT2D eigenvalue weighted by Gasteiger charge is 2.33. The van der Waals surface area contributed by atoms with Gasteiger partial charge in [0.1, 0.15) is 6.04 Å². The highest BCUT2D eigenvalue weighted by Crippen LogP contribution is 2.36. The molecular weight excluding hydrogens is 415 g/mol. The number of amides is 1. The van der Waals surface area contributed by atoms with Gasteiger partial charge in [0.15, 0.2) is 11.2 Å². The third-order valence-corrected chi connectivity index (χ3v) is 4.84. The van der Waals surface area contributed by atoms with Crippen molar-refractivity contribution in [2.24, 2.45) is 14.1 Å². The third-order valence-electron chi connectivity index (χ3n) is 4.51. The second-order valence-electron chi connectivity index (χ2n) is 6.39. The van der Waals surface area contributed by atoms with E-state index in [9.17, 15) is 27.6 Å². The molecule has 1 atom stereocenters. The number of hydrogen-bond donors (Lipinski definition) is 1.